The highest BCUT2D eigenvalue weighted by Gasteiger charge is 2.23. The Morgan fingerprint density at radius 2 is 1.02 bits per heavy atom. The Kier molecular flexibility index (Phi) is 11.5. The van der Waals surface area contributed by atoms with Crippen LogP contribution < -0.4 is 0 Å². The number of rotatable bonds is 16. The van der Waals surface area contributed by atoms with E-state index < -0.39 is 0 Å². The number of unbranched alkanes of at least 4 members (excludes halogenated alkanes) is 9. The van der Waals surface area contributed by atoms with Gasteiger partial charge in [-0.1, -0.05) is 168 Å². The van der Waals surface area contributed by atoms with Crippen LogP contribution >= 0.6 is 0 Å². The summed E-state index contributed by atoms with van der Waals surface area (Å²) in [6, 6.07) is 32.6. The molecule has 0 bridgehead atoms. The van der Waals surface area contributed by atoms with Crippen molar-refractivity contribution in [3.05, 3.63) is 131 Å². The first kappa shape index (κ1) is 29.2. The van der Waals surface area contributed by atoms with E-state index in [1.54, 1.807) is 18.2 Å². The molecule has 0 fully saturated rings. The van der Waals surface area contributed by atoms with Gasteiger partial charge in [-0.15, -0.1) is 0 Å². The van der Waals surface area contributed by atoms with Crippen LogP contribution in [-0.4, -0.2) is 11.6 Å². The van der Waals surface area contributed by atoms with E-state index in [9.17, 15) is 9.59 Å². The molecule has 0 N–H and O–H groups in total. The molecule has 4 rings (SSSR count). The molecule has 0 aliphatic heterocycles. The molecular weight excluding hydrogens is 488 g/mol. The zero-order chi connectivity index (χ0) is 28.0. The van der Waals surface area contributed by atoms with Gasteiger partial charge in [0.25, 0.3) is 0 Å². The van der Waals surface area contributed by atoms with Gasteiger partial charge in [0.2, 0.25) is 0 Å². The average Bonchev–Trinajstić information content (AvgIpc) is 3.02. The van der Waals surface area contributed by atoms with Crippen LogP contribution in [0.3, 0.4) is 0 Å². The second kappa shape index (κ2) is 15.7. The molecule has 2 nitrogen and oxygen atoms in total. The molecule has 0 unspecified atom stereocenters. The lowest BCUT2D eigenvalue weighted by molar-refractivity contribution is 0.100. The molecule has 206 valence electrons. The molecule has 0 amide bonds. The van der Waals surface area contributed by atoms with Crippen molar-refractivity contribution in [2.24, 2.45) is 0 Å². The quantitative estimate of drug-likeness (QED) is 0.107. The van der Waals surface area contributed by atoms with Gasteiger partial charge in [-0.3, -0.25) is 9.59 Å². The summed E-state index contributed by atoms with van der Waals surface area (Å²) in [4.78, 5) is 27.4. The number of carbonyl (C=O) groups is 2. The second-order valence-corrected chi connectivity index (χ2v) is 10.7. The van der Waals surface area contributed by atoms with Gasteiger partial charge in [0, 0.05) is 22.3 Å². The van der Waals surface area contributed by atoms with Crippen molar-refractivity contribution >= 4 is 11.6 Å². The lowest BCUT2D eigenvalue weighted by Gasteiger charge is -2.15. The molecule has 2 heteroatoms. The van der Waals surface area contributed by atoms with Gasteiger partial charge >= 0.3 is 0 Å². The third-order valence-corrected chi connectivity index (χ3v) is 7.69. The fraction of sp³-hybridized carbons (Fsp3) is 0.316. The number of carbonyl (C=O) groups excluding carboxylic acids is 2. The first-order valence-electron chi connectivity index (χ1n) is 15.1. The smallest absolute Gasteiger partial charge is 0.194 e. The van der Waals surface area contributed by atoms with Gasteiger partial charge in [-0.25, -0.2) is 0 Å². The molecular formula is C38H42O2. The summed E-state index contributed by atoms with van der Waals surface area (Å²) in [5.41, 5.74) is 5.12. The number of aryl methyl sites for hydroxylation is 1. The average molecular weight is 531 g/mol. The fourth-order valence-electron chi connectivity index (χ4n) is 5.37. The Bertz CT molecular complexity index is 1340. The van der Waals surface area contributed by atoms with Gasteiger partial charge < -0.3 is 0 Å². The molecule has 4 aromatic rings. The first-order valence-corrected chi connectivity index (χ1v) is 15.1. The topological polar surface area (TPSA) is 34.1 Å². The van der Waals surface area contributed by atoms with Crippen LogP contribution in [0.2, 0.25) is 0 Å². The van der Waals surface area contributed by atoms with E-state index in [0.717, 1.165) is 17.5 Å². The molecule has 0 radical (unpaired) electrons. The van der Waals surface area contributed by atoms with Crippen molar-refractivity contribution in [3.63, 3.8) is 0 Å². The number of hydrogen-bond acceptors (Lipinski definition) is 2. The Morgan fingerprint density at radius 1 is 0.500 bits per heavy atom. The predicted octanol–water partition coefficient (Wildman–Crippen LogP) is 10.3. The van der Waals surface area contributed by atoms with Crippen molar-refractivity contribution in [1.82, 2.24) is 0 Å². The van der Waals surface area contributed by atoms with Gasteiger partial charge in [-0.05, 0) is 29.5 Å². The molecule has 40 heavy (non-hydrogen) atoms. The standard InChI is InChI=1S/C38H42O2/c1-2-3-4-5-6-7-8-9-10-13-19-30-26-28-31(29-27-30)34-24-18-25-35(37(39)32-20-14-11-15-21-32)36(34)38(40)33-22-16-12-17-23-33/h11-12,14-18,20-29H,2-10,13,19H2,1H3. The van der Waals surface area contributed by atoms with Crippen LogP contribution in [0.4, 0.5) is 0 Å². The summed E-state index contributed by atoms with van der Waals surface area (Å²) in [6.45, 7) is 2.27. The molecule has 0 atom stereocenters. The molecule has 0 aliphatic rings. The van der Waals surface area contributed by atoms with Crippen LogP contribution in [0.1, 0.15) is 109 Å². The number of benzene rings is 4. The molecule has 4 aromatic carbocycles. The third kappa shape index (κ3) is 8.11. The summed E-state index contributed by atoms with van der Waals surface area (Å²) in [5.74, 6) is -0.274. The van der Waals surface area contributed by atoms with Crippen molar-refractivity contribution in [2.75, 3.05) is 0 Å². The lowest BCUT2D eigenvalue weighted by atomic mass is 9.87. The summed E-state index contributed by atoms with van der Waals surface area (Å²) in [7, 11) is 0. The van der Waals surface area contributed by atoms with Gasteiger partial charge in [-0.2, -0.15) is 0 Å². The summed E-state index contributed by atoms with van der Waals surface area (Å²) in [5, 5.41) is 0. The molecule has 0 heterocycles. The van der Waals surface area contributed by atoms with Gasteiger partial charge in [0.05, 0.1) is 0 Å². The van der Waals surface area contributed by atoms with E-state index in [1.807, 2.05) is 60.7 Å². The number of ketones is 2. The predicted molar refractivity (Wildman–Crippen MR) is 167 cm³/mol. The monoisotopic (exact) mass is 530 g/mol. The Labute approximate surface area is 240 Å². The van der Waals surface area contributed by atoms with Crippen LogP contribution in [0.25, 0.3) is 11.1 Å². The zero-order valence-corrected chi connectivity index (χ0v) is 23.9. The second-order valence-electron chi connectivity index (χ2n) is 10.7. The highest BCUT2D eigenvalue weighted by atomic mass is 16.1. The lowest BCUT2D eigenvalue weighted by Crippen LogP contribution is -2.13. The largest absolute Gasteiger partial charge is 0.289 e. The van der Waals surface area contributed by atoms with Crippen LogP contribution in [0, 0.1) is 0 Å². The van der Waals surface area contributed by atoms with E-state index in [4.69, 9.17) is 0 Å². The van der Waals surface area contributed by atoms with Crippen molar-refractivity contribution in [1.29, 1.82) is 0 Å². The summed E-state index contributed by atoms with van der Waals surface area (Å²) in [6.07, 6.45) is 14.4. The van der Waals surface area contributed by atoms with Crippen molar-refractivity contribution in [2.45, 2.75) is 77.6 Å². The van der Waals surface area contributed by atoms with Crippen LogP contribution in [0.15, 0.2) is 103 Å². The van der Waals surface area contributed by atoms with Crippen molar-refractivity contribution < 1.29 is 9.59 Å². The normalized spacial score (nSPS) is 10.9. The highest BCUT2D eigenvalue weighted by Crippen LogP contribution is 2.30. The Hall–Kier alpha value is -3.78. The van der Waals surface area contributed by atoms with Crippen molar-refractivity contribution in [3.8, 4) is 11.1 Å². The maximum atomic E-state index is 13.8. The van der Waals surface area contributed by atoms with E-state index >= 15 is 0 Å². The Balaban J connectivity index is 1.46. The molecule has 0 aliphatic carbocycles. The fourth-order valence-corrected chi connectivity index (χ4v) is 5.37. The van der Waals surface area contributed by atoms with Gasteiger partial charge in [0.1, 0.15) is 0 Å². The zero-order valence-electron chi connectivity index (χ0n) is 23.9. The van der Waals surface area contributed by atoms with E-state index in [0.29, 0.717) is 22.3 Å². The van der Waals surface area contributed by atoms with Crippen LogP contribution in [-0.2, 0) is 6.42 Å². The van der Waals surface area contributed by atoms with E-state index in [2.05, 4.69) is 31.2 Å². The van der Waals surface area contributed by atoms with E-state index in [1.165, 1.54) is 69.8 Å². The SMILES string of the molecule is CCCCCCCCCCCCc1ccc(-c2cccc(C(=O)c3ccccc3)c2C(=O)c2ccccc2)cc1. The minimum atomic E-state index is -0.140. The first-order chi connectivity index (χ1) is 19.7. The number of hydrogen-bond donors (Lipinski definition) is 0. The molecule has 0 spiro atoms. The summed E-state index contributed by atoms with van der Waals surface area (Å²) >= 11 is 0. The maximum absolute atomic E-state index is 13.8. The molecule has 0 aromatic heterocycles. The van der Waals surface area contributed by atoms with Crippen LogP contribution in [0.5, 0.6) is 0 Å². The highest BCUT2D eigenvalue weighted by molar-refractivity contribution is 6.22. The molecule has 0 saturated carbocycles. The van der Waals surface area contributed by atoms with E-state index in [-0.39, 0.29) is 11.6 Å². The Morgan fingerprint density at radius 3 is 1.60 bits per heavy atom. The minimum absolute atomic E-state index is 0.134. The minimum Gasteiger partial charge on any atom is -0.289 e. The maximum Gasteiger partial charge on any atom is 0.194 e. The van der Waals surface area contributed by atoms with Gasteiger partial charge in [0.15, 0.2) is 11.6 Å². The molecule has 0 saturated heterocycles. The summed E-state index contributed by atoms with van der Waals surface area (Å²) < 4.78 is 0. The third-order valence-electron chi connectivity index (χ3n) is 7.69.